The topological polar surface area (TPSA) is 100 Å². The number of nitrogens with zero attached hydrogens (tertiary/aromatic N) is 3. The molecular formula is C9H12N4O2S. The molecular weight excluding hydrogens is 228 g/mol. The van der Waals surface area contributed by atoms with Crippen molar-refractivity contribution < 1.29 is 8.42 Å². The summed E-state index contributed by atoms with van der Waals surface area (Å²) in [6.45, 7) is 0.417. The molecule has 0 spiro atoms. The van der Waals surface area contributed by atoms with Gasteiger partial charge >= 0.3 is 0 Å². The number of aromatic nitrogens is 1. The first kappa shape index (κ1) is 12.6. The highest BCUT2D eigenvalue weighted by molar-refractivity contribution is 7.89. The highest BCUT2D eigenvalue weighted by Crippen LogP contribution is 2.16. The molecule has 0 saturated heterocycles. The van der Waals surface area contributed by atoms with Crippen molar-refractivity contribution in [1.29, 1.82) is 5.26 Å². The average molecular weight is 240 g/mol. The SMILES string of the molecule is CN(CCN)S(=O)(=O)c1cccnc1C#N. The molecule has 0 radical (unpaired) electrons. The number of likely N-dealkylation sites (N-methyl/N-ethyl adjacent to an activating group) is 1. The fraction of sp³-hybridized carbons (Fsp3) is 0.333. The Balaban J connectivity index is 3.23. The summed E-state index contributed by atoms with van der Waals surface area (Å²) < 4.78 is 25.1. The Hall–Kier alpha value is -1.49. The third-order valence-electron chi connectivity index (χ3n) is 2.01. The predicted octanol–water partition coefficient (Wildman–Crippen LogP) is -0.468. The first-order chi connectivity index (χ1) is 7.54. The van der Waals surface area contributed by atoms with E-state index in [-0.39, 0.29) is 23.7 Å². The molecule has 1 heterocycles. The van der Waals surface area contributed by atoms with Crippen LogP contribution in [0.5, 0.6) is 0 Å². The van der Waals surface area contributed by atoms with E-state index < -0.39 is 10.0 Å². The van der Waals surface area contributed by atoms with Crippen LogP contribution in [0.3, 0.4) is 0 Å². The smallest absolute Gasteiger partial charge is 0.245 e. The van der Waals surface area contributed by atoms with Crippen molar-refractivity contribution in [2.45, 2.75) is 4.90 Å². The summed E-state index contributed by atoms with van der Waals surface area (Å²) in [4.78, 5) is 3.62. The van der Waals surface area contributed by atoms with E-state index in [0.717, 1.165) is 4.31 Å². The van der Waals surface area contributed by atoms with Gasteiger partial charge in [0.2, 0.25) is 10.0 Å². The number of pyridine rings is 1. The van der Waals surface area contributed by atoms with Crippen molar-refractivity contribution in [1.82, 2.24) is 9.29 Å². The van der Waals surface area contributed by atoms with E-state index >= 15 is 0 Å². The third-order valence-corrected chi connectivity index (χ3v) is 3.90. The van der Waals surface area contributed by atoms with Crippen LogP contribution in [-0.4, -0.2) is 37.8 Å². The van der Waals surface area contributed by atoms with E-state index in [2.05, 4.69) is 4.98 Å². The highest BCUT2D eigenvalue weighted by atomic mass is 32.2. The molecule has 16 heavy (non-hydrogen) atoms. The van der Waals surface area contributed by atoms with Gasteiger partial charge in [0.15, 0.2) is 5.69 Å². The van der Waals surface area contributed by atoms with Gasteiger partial charge in [-0.25, -0.2) is 13.4 Å². The second-order valence-corrected chi connectivity index (χ2v) is 5.09. The zero-order chi connectivity index (χ0) is 12.2. The molecule has 1 aromatic rings. The molecule has 1 aromatic heterocycles. The summed E-state index contributed by atoms with van der Waals surface area (Å²) in [6.07, 6.45) is 1.38. The Morgan fingerprint density at radius 2 is 2.31 bits per heavy atom. The minimum atomic E-state index is -3.68. The van der Waals surface area contributed by atoms with Crippen LogP contribution < -0.4 is 5.73 Å². The minimum absolute atomic E-state index is 0.0894. The fourth-order valence-electron chi connectivity index (χ4n) is 1.15. The van der Waals surface area contributed by atoms with E-state index in [9.17, 15) is 8.42 Å². The molecule has 2 N–H and O–H groups in total. The van der Waals surface area contributed by atoms with Crippen LogP contribution in [0.4, 0.5) is 0 Å². The second-order valence-electron chi connectivity index (χ2n) is 3.08. The number of nitrogens with two attached hydrogens (primary N) is 1. The van der Waals surface area contributed by atoms with Gasteiger partial charge in [-0.1, -0.05) is 0 Å². The van der Waals surface area contributed by atoms with Gasteiger partial charge in [-0.15, -0.1) is 0 Å². The van der Waals surface area contributed by atoms with E-state index in [1.54, 1.807) is 6.07 Å². The van der Waals surface area contributed by atoms with Gasteiger partial charge in [0.25, 0.3) is 0 Å². The van der Waals surface area contributed by atoms with Crippen molar-refractivity contribution >= 4 is 10.0 Å². The maximum Gasteiger partial charge on any atom is 0.245 e. The maximum atomic E-state index is 12.0. The van der Waals surface area contributed by atoms with Crippen molar-refractivity contribution in [2.75, 3.05) is 20.1 Å². The Bertz CT molecular complexity index is 506. The molecule has 0 aliphatic heterocycles. The minimum Gasteiger partial charge on any atom is -0.329 e. The van der Waals surface area contributed by atoms with Crippen LogP contribution in [0, 0.1) is 11.3 Å². The fourth-order valence-corrected chi connectivity index (χ4v) is 2.43. The Morgan fingerprint density at radius 1 is 1.62 bits per heavy atom. The Morgan fingerprint density at radius 3 is 2.88 bits per heavy atom. The maximum absolute atomic E-state index is 12.0. The summed E-state index contributed by atoms with van der Waals surface area (Å²) in [5.74, 6) is 0. The van der Waals surface area contributed by atoms with E-state index in [4.69, 9.17) is 11.0 Å². The summed E-state index contributed by atoms with van der Waals surface area (Å²) in [6, 6.07) is 4.58. The zero-order valence-electron chi connectivity index (χ0n) is 8.79. The third kappa shape index (κ3) is 2.36. The van der Waals surface area contributed by atoms with Gasteiger partial charge in [-0.3, -0.25) is 0 Å². The summed E-state index contributed by atoms with van der Waals surface area (Å²) in [5, 5.41) is 8.77. The first-order valence-electron chi connectivity index (χ1n) is 4.55. The molecule has 6 nitrogen and oxygen atoms in total. The van der Waals surface area contributed by atoms with Gasteiger partial charge < -0.3 is 5.73 Å². The first-order valence-corrected chi connectivity index (χ1v) is 5.99. The molecule has 1 rings (SSSR count). The zero-order valence-corrected chi connectivity index (χ0v) is 9.61. The van der Waals surface area contributed by atoms with Crippen LogP contribution in [0.15, 0.2) is 23.2 Å². The molecule has 0 unspecified atom stereocenters. The largest absolute Gasteiger partial charge is 0.329 e. The van der Waals surface area contributed by atoms with Crippen LogP contribution in [-0.2, 0) is 10.0 Å². The number of rotatable bonds is 4. The standard InChI is InChI=1S/C9H12N4O2S/c1-13(6-4-10)16(14,15)9-3-2-5-12-8(9)7-11/h2-3,5H,4,6,10H2,1H3. The second kappa shape index (κ2) is 5.03. The van der Waals surface area contributed by atoms with Gasteiger partial charge in [0.1, 0.15) is 11.0 Å². The monoisotopic (exact) mass is 240 g/mol. The van der Waals surface area contributed by atoms with Gasteiger partial charge in [-0.2, -0.15) is 9.57 Å². The lowest BCUT2D eigenvalue weighted by Crippen LogP contribution is -2.32. The van der Waals surface area contributed by atoms with Crippen LogP contribution in [0.25, 0.3) is 0 Å². The lowest BCUT2D eigenvalue weighted by atomic mass is 10.4. The number of nitriles is 1. The normalized spacial score (nSPS) is 11.4. The van der Waals surface area contributed by atoms with Crippen molar-refractivity contribution in [3.8, 4) is 6.07 Å². The lowest BCUT2D eigenvalue weighted by Gasteiger charge is -2.16. The lowest BCUT2D eigenvalue weighted by molar-refractivity contribution is 0.476. The number of hydrogen-bond acceptors (Lipinski definition) is 5. The van der Waals surface area contributed by atoms with E-state index in [1.807, 2.05) is 0 Å². The molecule has 0 aliphatic carbocycles. The van der Waals surface area contributed by atoms with Gasteiger partial charge in [-0.05, 0) is 12.1 Å². The van der Waals surface area contributed by atoms with Gasteiger partial charge in [0, 0.05) is 26.3 Å². The number of hydrogen-bond donors (Lipinski definition) is 1. The van der Waals surface area contributed by atoms with Crippen molar-refractivity contribution in [3.05, 3.63) is 24.0 Å². The van der Waals surface area contributed by atoms with Crippen molar-refractivity contribution in [3.63, 3.8) is 0 Å². The summed E-state index contributed by atoms with van der Waals surface area (Å²) in [5.41, 5.74) is 5.18. The summed E-state index contributed by atoms with van der Waals surface area (Å²) in [7, 11) is -2.26. The van der Waals surface area contributed by atoms with E-state index in [0.29, 0.717) is 0 Å². The molecule has 0 saturated carbocycles. The molecule has 0 atom stereocenters. The predicted molar refractivity (Wildman–Crippen MR) is 57.8 cm³/mol. The highest BCUT2D eigenvalue weighted by Gasteiger charge is 2.23. The van der Waals surface area contributed by atoms with Crippen molar-refractivity contribution in [2.24, 2.45) is 5.73 Å². The quantitative estimate of drug-likeness (QED) is 0.767. The van der Waals surface area contributed by atoms with Crippen LogP contribution in [0.1, 0.15) is 5.69 Å². The summed E-state index contributed by atoms with van der Waals surface area (Å²) >= 11 is 0. The van der Waals surface area contributed by atoms with E-state index in [1.165, 1.54) is 25.4 Å². The van der Waals surface area contributed by atoms with Crippen LogP contribution in [0.2, 0.25) is 0 Å². The van der Waals surface area contributed by atoms with Crippen LogP contribution >= 0.6 is 0 Å². The molecule has 86 valence electrons. The molecule has 0 amide bonds. The molecule has 0 aromatic carbocycles. The average Bonchev–Trinajstić information content (AvgIpc) is 2.29. The van der Waals surface area contributed by atoms with Gasteiger partial charge in [0.05, 0.1) is 0 Å². The molecule has 0 bridgehead atoms. The Labute approximate surface area is 94.4 Å². The Kier molecular flexibility index (Phi) is 3.95. The number of sulfonamides is 1. The molecule has 0 aliphatic rings. The molecule has 0 fully saturated rings. The molecule has 7 heteroatoms.